The first-order valence-corrected chi connectivity index (χ1v) is 7.48. The van der Waals surface area contributed by atoms with Gasteiger partial charge >= 0.3 is 0 Å². The number of imidazole rings is 1. The summed E-state index contributed by atoms with van der Waals surface area (Å²) in [5, 5.41) is 3.68. The van der Waals surface area contributed by atoms with Gasteiger partial charge < -0.3 is 10.3 Å². The number of H-pyrrole nitrogens is 1. The molecule has 1 saturated carbocycles. The van der Waals surface area contributed by atoms with Crippen molar-refractivity contribution in [2.75, 3.05) is 5.32 Å². The number of nitrogens with zero attached hydrogens (tertiary/aromatic N) is 1. The fourth-order valence-corrected chi connectivity index (χ4v) is 3.22. The van der Waals surface area contributed by atoms with E-state index in [1.54, 1.807) is 6.33 Å². The fourth-order valence-electron chi connectivity index (χ4n) is 3.22. The normalized spacial score (nSPS) is 21.6. The third-order valence-corrected chi connectivity index (χ3v) is 4.27. The molecule has 0 spiro atoms. The standard InChI is InChI=1S/C17H23N3/c1-17(2)9-3-4-15(10-17)20-14-7-5-13(6-8-14)16-11-18-12-19-16/h5-8,11-12,15,20H,3-4,9-10H2,1-2H3,(H,18,19). The molecule has 1 aliphatic carbocycles. The minimum absolute atomic E-state index is 0.478. The van der Waals surface area contributed by atoms with Gasteiger partial charge in [-0.25, -0.2) is 4.98 Å². The lowest BCUT2D eigenvalue weighted by molar-refractivity contribution is 0.229. The number of rotatable bonds is 3. The van der Waals surface area contributed by atoms with Crippen LogP contribution in [0.1, 0.15) is 39.5 Å². The Morgan fingerprint density at radius 2 is 2.05 bits per heavy atom. The van der Waals surface area contributed by atoms with Gasteiger partial charge in [0.05, 0.1) is 18.2 Å². The van der Waals surface area contributed by atoms with Gasteiger partial charge in [0, 0.05) is 11.7 Å². The maximum Gasteiger partial charge on any atom is 0.0924 e. The van der Waals surface area contributed by atoms with Gasteiger partial charge in [0.15, 0.2) is 0 Å². The van der Waals surface area contributed by atoms with Crippen LogP contribution in [0.2, 0.25) is 0 Å². The summed E-state index contributed by atoms with van der Waals surface area (Å²) in [6.45, 7) is 4.75. The summed E-state index contributed by atoms with van der Waals surface area (Å²) in [4.78, 5) is 7.19. The zero-order valence-electron chi connectivity index (χ0n) is 12.3. The first-order valence-electron chi connectivity index (χ1n) is 7.48. The summed E-state index contributed by atoms with van der Waals surface area (Å²) in [5.74, 6) is 0. The molecule has 0 aliphatic heterocycles. The number of anilines is 1. The van der Waals surface area contributed by atoms with Gasteiger partial charge in [-0.05, 0) is 42.4 Å². The average molecular weight is 269 g/mol. The quantitative estimate of drug-likeness (QED) is 0.863. The average Bonchev–Trinajstić information content (AvgIpc) is 2.92. The van der Waals surface area contributed by atoms with Crippen LogP contribution >= 0.6 is 0 Å². The Balaban J connectivity index is 1.66. The first kappa shape index (κ1) is 13.2. The molecule has 1 atom stereocenters. The van der Waals surface area contributed by atoms with Gasteiger partial charge in [-0.3, -0.25) is 0 Å². The van der Waals surface area contributed by atoms with Gasteiger partial charge in [0.2, 0.25) is 0 Å². The van der Waals surface area contributed by atoms with E-state index in [4.69, 9.17) is 0 Å². The Kier molecular flexibility index (Phi) is 3.51. The van der Waals surface area contributed by atoms with Gasteiger partial charge in [0.1, 0.15) is 0 Å². The molecule has 0 amide bonds. The molecule has 0 saturated heterocycles. The van der Waals surface area contributed by atoms with E-state index in [0.29, 0.717) is 11.5 Å². The number of hydrogen-bond acceptors (Lipinski definition) is 2. The molecule has 1 fully saturated rings. The molecule has 106 valence electrons. The lowest BCUT2D eigenvalue weighted by atomic mass is 9.75. The molecular formula is C17H23N3. The van der Waals surface area contributed by atoms with Gasteiger partial charge in [0.25, 0.3) is 0 Å². The summed E-state index contributed by atoms with van der Waals surface area (Å²) in [6.07, 6.45) is 8.79. The summed E-state index contributed by atoms with van der Waals surface area (Å²) in [7, 11) is 0. The fraction of sp³-hybridized carbons (Fsp3) is 0.471. The number of benzene rings is 1. The van der Waals surface area contributed by atoms with E-state index in [2.05, 4.69) is 53.4 Å². The van der Waals surface area contributed by atoms with Crippen LogP contribution in [0.15, 0.2) is 36.8 Å². The van der Waals surface area contributed by atoms with Crippen LogP contribution in [-0.2, 0) is 0 Å². The maximum atomic E-state index is 4.06. The molecule has 3 nitrogen and oxygen atoms in total. The monoisotopic (exact) mass is 269 g/mol. The molecule has 20 heavy (non-hydrogen) atoms. The highest BCUT2D eigenvalue weighted by atomic mass is 14.9. The lowest BCUT2D eigenvalue weighted by Gasteiger charge is -2.36. The molecule has 1 aromatic heterocycles. The highest BCUT2D eigenvalue weighted by molar-refractivity contribution is 5.62. The predicted octanol–water partition coefficient (Wildman–Crippen LogP) is 4.46. The van der Waals surface area contributed by atoms with Gasteiger partial charge in [-0.1, -0.05) is 32.4 Å². The van der Waals surface area contributed by atoms with E-state index in [9.17, 15) is 0 Å². The summed E-state index contributed by atoms with van der Waals surface area (Å²) in [5.41, 5.74) is 3.94. The third kappa shape index (κ3) is 3.03. The summed E-state index contributed by atoms with van der Waals surface area (Å²) >= 11 is 0. The zero-order chi connectivity index (χ0) is 14.0. The van der Waals surface area contributed by atoms with Crippen molar-refractivity contribution in [1.82, 2.24) is 9.97 Å². The van der Waals surface area contributed by atoms with Crippen molar-refractivity contribution in [1.29, 1.82) is 0 Å². The molecule has 3 heteroatoms. The Bertz CT molecular complexity index is 540. The SMILES string of the molecule is CC1(C)CCCC(Nc2ccc(-c3cnc[nH]3)cc2)C1. The number of aromatic amines is 1. The maximum absolute atomic E-state index is 4.06. The highest BCUT2D eigenvalue weighted by Crippen LogP contribution is 2.36. The molecule has 1 aromatic carbocycles. The van der Waals surface area contributed by atoms with E-state index in [-0.39, 0.29) is 0 Å². The zero-order valence-corrected chi connectivity index (χ0v) is 12.3. The van der Waals surface area contributed by atoms with Crippen molar-refractivity contribution in [2.24, 2.45) is 5.41 Å². The van der Waals surface area contributed by atoms with Crippen molar-refractivity contribution in [3.05, 3.63) is 36.8 Å². The molecule has 1 heterocycles. The van der Waals surface area contributed by atoms with Crippen LogP contribution in [0.25, 0.3) is 11.3 Å². The predicted molar refractivity (Wildman–Crippen MR) is 83.7 cm³/mol. The number of aromatic nitrogens is 2. The Morgan fingerprint density at radius 3 is 2.70 bits per heavy atom. The van der Waals surface area contributed by atoms with Crippen molar-refractivity contribution < 1.29 is 0 Å². The van der Waals surface area contributed by atoms with Crippen LogP contribution in [0.4, 0.5) is 5.69 Å². The Morgan fingerprint density at radius 1 is 1.25 bits per heavy atom. The van der Waals surface area contributed by atoms with E-state index >= 15 is 0 Å². The molecule has 0 radical (unpaired) electrons. The van der Waals surface area contributed by atoms with Crippen LogP contribution < -0.4 is 5.32 Å². The topological polar surface area (TPSA) is 40.7 Å². The van der Waals surface area contributed by atoms with Crippen LogP contribution in [0.3, 0.4) is 0 Å². The molecule has 2 N–H and O–H groups in total. The number of nitrogens with one attached hydrogen (secondary N) is 2. The summed E-state index contributed by atoms with van der Waals surface area (Å²) < 4.78 is 0. The van der Waals surface area contributed by atoms with Crippen LogP contribution in [0, 0.1) is 5.41 Å². The van der Waals surface area contributed by atoms with Crippen LogP contribution in [-0.4, -0.2) is 16.0 Å². The third-order valence-electron chi connectivity index (χ3n) is 4.27. The minimum Gasteiger partial charge on any atom is -0.382 e. The second-order valence-electron chi connectivity index (χ2n) is 6.64. The van der Waals surface area contributed by atoms with Gasteiger partial charge in [-0.2, -0.15) is 0 Å². The number of hydrogen-bond donors (Lipinski definition) is 2. The second-order valence-corrected chi connectivity index (χ2v) is 6.64. The second kappa shape index (κ2) is 5.31. The van der Waals surface area contributed by atoms with Crippen molar-refractivity contribution in [3.63, 3.8) is 0 Å². The Hall–Kier alpha value is -1.77. The lowest BCUT2D eigenvalue weighted by Crippen LogP contribution is -2.31. The van der Waals surface area contributed by atoms with Crippen LogP contribution in [0.5, 0.6) is 0 Å². The van der Waals surface area contributed by atoms with Gasteiger partial charge in [-0.15, -0.1) is 0 Å². The minimum atomic E-state index is 0.478. The molecule has 1 aliphatic rings. The van der Waals surface area contributed by atoms with Crippen molar-refractivity contribution in [2.45, 2.75) is 45.6 Å². The smallest absolute Gasteiger partial charge is 0.0924 e. The van der Waals surface area contributed by atoms with E-state index in [1.165, 1.54) is 36.9 Å². The van der Waals surface area contributed by atoms with Crippen molar-refractivity contribution in [3.8, 4) is 11.3 Å². The highest BCUT2D eigenvalue weighted by Gasteiger charge is 2.27. The van der Waals surface area contributed by atoms with E-state index < -0.39 is 0 Å². The molecule has 2 aromatic rings. The molecule has 3 rings (SSSR count). The molecule has 0 bridgehead atoms. The van der Waals surface area contributed by atoms with E-state index in [0.717, 1.165) is 5.69 Å². The molecular weight excluding hydrogens is 246 g/mol. The molecule has 1 unspecified atom stereocenters. The van der Waals surface area contributed by atoms with Crippen molar-refractivity contribution >= 4 is 5.69 Å². The largest absolute Gasteiger partial charge is 0.382 e. The van der Waals surface area contributed by atoms with E-state index in [1.807, 2.05) is 6.20 Å². The summed E-state index contributed by atoms with van der Waals surface area (Å²) in [6, 6.07) is 9.22. The Labute approximate surface area is 120 Å². The first-order chi connectivity index (χ1) is 9.62.